The van der Waals surface area contributed by atoms with Gasteiger partial charge in [0.2, 0.25) is 0 Å². The zero-order chi connectivity index (χ0) is 18.0. The topological polar surface area (TPSA) is 66.4 Å². The third-order valence-corrected chi connectivity index (χ3v) is 5.59. The van der Waals surface area contributed by atoms with Crippen molar-refractivity contribution in [3.05, 3.63) is 69.0 Å². The summed E-state index contributed by atoms with van der Waals surface area (Å²) in [5.41, 5.74) is 0.625. The van der Waals surface area contributed by atoms with Crippen molar-refractivity contribution in [2.24, 2.45) is 0 Å². The van der Waals surface area contributed by atoms with E-state index in [1.54, 1.807) is 24.3 Å². The van der Waals surface area contributed by atoms with Crippen LogP contribution in [0.5, 0.6) is 0 Å². The van der Waals surface area contributed by atoms with Crippen molar-refractivity contribution in [1.29, 1.82) is 0 Å². The van der Waals surface area contributed by atoms with E-state index in [4.69, 9.17) is 28.3 Å². The molecule has 0 aliphatic heterocycles. The van der Waals surface area contributed by atoms with Crippen LogP contribution in [0.2, 0.25) is 10.0 Å². The van der Waals surface area contributed by atoms with Crippen molar-refractivity contribution in [3.63, 3.8) is 0 Å². The van der Waals surface area contributed by atoms with Gasteiger partial charge < -0.3 is 10.4 Å². The minimum atomic E-state index is -1.02. The van der Waals surface area contributed by atoms with Crippen LogP contribution in [0.4, 0.5) is 0 Å². The number of fused-ring (bicyclic) bond motifs is 1. The summed E-state index contributed by atoms with van der Waals surface area (Å²) >= 11 is 13.6. The molecule has 1 amide bonds. The minimum Gasteiger partial charge on any atom is -0.481 e. The maximum Gasteiger partial charge on any atom is 0.305 e. The van der Waals surface area contributed by atoms with Gasteiger partial charge in [-0.2, -0.15) is 0 Å². The SMILES string of the molecule is O=C(O)CC(NC(=O)c1sc2ccccc2c1Cl)c1cccc(Cl)c1. The fraction of sp³-hybridized carbons (Fsp3) is 0.111. The molecule has 4 nitrogen and oxygen atoms in total. The van der Waals surface area contributed by atoms with Crippen LogP contribution in [0, 0.1) is 0 Å². The minimum absolute atomic E-state index is 0.255. The molecule has 0 aliphatic carbocycles. The molecule has 1 atom stereocenters. The third-order valence-electron chi connectivity index (χ3n) is 3.68. The number of carboxylic acid groups (broad SMARTS) is 1. The number of amides is 1. The quantitative estimate of drug-likeness (QED) is 0.629. The molecule has 2 N–H and O–H groups in total. The van der Waals surface area contributed by atoms with Crippen LogP contribution in [0.15, 0.2) is 48.5 Å². The van der Waals surface area contributed by atoms with Crippen molar-refractivity contribution >= 4 is 56.5 Å². The highest BCUT2D eigenvalue weighted by Gasteiger charge is 2.23. The van der Waals surface area contributed by atoms with E-state index in [-0.39, 0.29) is 6.42 Å². The second-order valence-electron chi connectivity index (χ2n) is 5.42. The Hall–Kier alpha value is -2.08. The number of hydrogen-bond donors (Lipinski definition) is 2. The Morgan fingerprint density at radius 3 is 2.56 bits per heavy atom. The molecule has 0 saturated carbocycles. The lowest BCUT2D eigenvalue weighted by Crippen LogP contribution is -2.29. The third kappa shape index (κ3) is 3.95. The van der Waals surface area contributed by atoms with Crippen LogP contribution in [0.25, 0.3) is 10.1 Å². The average molecular weight is 394 g/mol. The van der Waals surface area contributed by atoms with E-state index < -0.39 is 17.9 Å². The molecule has 3 aromatic rings. The van der Waals surface area contributed by atoms with Crippen LogP contribution in [-0.2, 0) is 4.79 Å². The van der Waals surface area contributed by atoms with E-state index in [1.807, 2.05) is 24.3 Å². The fourth-order valence-corrected chi connectivity index (χ4v) is 4.15. The summed E-state index contributed by atoms with van der Waals surface area (Å²) in [5.74, 6) is -1.43. The highest BCUT2D eigenvalue weighted by Crippen LogP contribution is 2.35. The second-order valence-corrected chi connectivity index (χ2v) is 7.29. The number of nitrogens with one attached hydrogen (secondary N) is 1. The van der Waals surface area contributed by atoms with E-state index in [2.05, 4.69) is 5.32 Å². The maximum atomic E-state index is 12.7. The second kappa shape index (κ2) is 7.44. The van der Waals surface area contributed by atoms with Crippen molar-refractivity contribution in [1.82, 2.24) is 5.32 Å². The molecule has 1 aromatic heterocycles. The van der Waals surface area contributed by atoms with Crippen LogP contribution in [0.1, 0.15) is 27.7 Å². The van der Waals surface area contributed by atoms with Gasteiger partial charge in [0.25, 0.3) is 5.91 Å². The first-order chi connectivity index (χ1) is 12.0. The van der Waals surface area contributed by atoms with Crippen molar-refractivity contribution in [3.8, 4) is 0 Å². The first kappa shape index (κ1) is 17.7. The number of carboxylic acids is 1. The predicted octanol–water partition coefficient (Wildman–Crippen LogP) is 5.15. The van der Waals surface area contributed by atoms with E-state index in [0.29, 0.717) is 20.5 Å². The van der Waals surface area contributed by atoms with Crippen LogP contribution < -0.4 is 5.32 Å². The Labute approximate surface area is 158 Å². The summed E-state index contributed by atoms with van der Waals surface area (Å²) < 4.78 is 0.898. The number of halogens is 2. The van der Waals surface area contributed by atoms with Crippen molar-refractivity contribution in [2.75, 3.05) is 0 Å². The van der Waals surface area contributed by atoms with Gasteiger partial charge in [0.05, 0.1) is 17.5 Å². The van der Waals surface area contributed by atoms with Gasteiger partial charge in [0.15, 0.2) is 0 Å². The Kier molecular flexibility index (Phi) is 5.27. The monoisotopic (exact) mass is 393 g/mol. The number of carbonyl (C=O) groups is 2. The van der Waals surface area contributed by atoms with Crippen LogP contribution in [0.3, 0.4) is 0 Å². The van der Waals surface area contributed by atoms with Gasteiger partial charge in [0, 0.05) is 15.1 Å². The number of carbonyl (C=O) groups excluding carboxylic acids is 1. The first-order valence-corrected chi connectivity index (χ1v) is 8.98. The highest BCUT2D eigenvalue weighted by atomic mass is 35.5. The molecule has 1 unspecified atom stereocenters. The predicted molar refractivity (Wildman–Crippen MR) is 101 cm³/mol. The highest BCUT2D eigenvalue weighted by molar-refractivity contribution is 7.21. The first-order valence-electron chi connectivity index (χ1n) is 7.41. The van der Waals surface area contributed by atoms with Gasteiger partial charge in [0.1, 0.15) is 4.88 Å². The smallest absolute Gasteiger partial charge is 0.305 e. The lowest BCUT2D eigenvalue weighted by molar-refractivity contribution is -0.137. The number of benzene rings is 2. The molecule has 0 fully saturated rings. The van der Waals surface area contributed by atoms with Gasteiger partial charge in [-0.1, -0.05) is 53.5 Å². The summed E-state index contributed by atoms with van der Waals surface area (Å²) in [7, 11) is 0. The van der Waals surface area contributed by atoms with E-state index in [0.717, 1.165) is 10.1 Å². The Bertz CT molecular complexity index is 954. The van der Waals surface area contributed by atoms with Gasteiger partial charge in [-0.3, -0.25) is 9.59 Å². The van der Waals surface area contributed by atoms with E-state index in [1.165, 1.54) is 11.3 Å². The van der Waals surface area contributed by atoms with Crippen molar-refractivity contribution < 1.29 is 14.7 Å². The van der Waals surface area contributed by atoms with Gasteiger partial charge in [-0.15, -0.1) is 11.3 Å². The molecular weight excluding hydrogens is 381 g/mol. The van der Waals surface area contributed by atoms with E-state index in [9.17, 15) is 9.59 Å². The molecule has 25 heavy (non-hydrogen) atoms. The van der Waals surface area contributed by atoms with Crippen LogP contribution in [-0.4, -0.2) is 17.0 Å². The fourth-order valence-electron chi connectivity index (χ4n) is 2.53. The summed E-state index contributed by atoms with van der Waals surface area (Å²) in [6, 6.07) is 13.5. The number of hydrogen-bond acceptors (Lipinski definition) is 3. The molecule has 3 rings (SSSR count). The zero-order valence-corrected chi connectivity index (χ0v) is 15.2. The zero-order valence-electron chi connectivity index (χ0n) is 12.8. The standard InChI is InChI=1S/C18H13Cl2NO3S/c19-11-5-3-4-10(8-11)13(9-15(22)23)21-18(24)17-16(20)12-6-1-2-7-14(12)25-17/h1-8,13H,9H2,(H,21,24)(H,22,23). The van der Waals surface area contributed by atoms with E-state index >= 15 is 0 Å². The summed E-state index contributed by atoms with van der Waals surface area (Å²) in [5, 5.41) is 13.6. The maximum absolute atomic E-state index is 12.7. The molecule has 0 radical (unpaired) electrons. The van der Waals surface area contributed by atoms with Gasteiger partial charge >= 0.3 is 5.97 Å². The largest absolute Gasteiger partial charge is 0.481 e. The molecule has 0 bridgehead atoms. The molecule has 1 heterocycles. The molecule has 0 spiro atoms. The summed E-state index contributed by atoms with van der Waals surface area (Å²) in [4.78, 5) is 24.2. The number of aliphatic carboxylic acids is 1. The molecule has 2 aromatic carbocycles. The summed E-state index contributed by atoms with van der Waals surface area (Å²) in [6.07, 6.45) is -0.255. The average Bonchev–Trinajstić information content (AvgIpc) is 2.91. The lowest BCUT2D eigenvalue weighted by atomic mass is 10.0. The van der Waals surface area contributed by atoms with Gasteiger partial charge in [-0.25, -0.2) is 0 Å². The summed E-state index contributed by atoms with van der Waals surface area (Å²) in [6.45, 7) is 0. The Morgan fingerprint density at radius 2 is 1.88 bits per heavy atom. The molecule has 0 saturated heterocycles. The normalized spacial score (nSPS) is 12.1. The number of thiophene rings is 1. The molecule has 0 aliphatic rings. The van der Waals surface area contributed by atoms with Crippen molar-refractivity contribution in [2.45, 2.75) is 12.5 Å². The molecule has 128 valence electrons. The lowest BCUT2D eigenvalue weighted by Gasteiger charge is -2.17. The van der Waals surface area contributed by atoms with Gasteiger partial charge in [-0.05, 0) is 23.8 Å². The molecule has 7 heteroatoms. The Balaban J connectivity index is 1.91. The Morgan fingerprint density at radius 1 is 1.12 bits per heavy atom. The molecular formula is C18H13Cl2NO3S. The number of rotatable bonds is 5. The van der Waals surface area contributed by atoms with Crippen LogP contribution >= 0.6 is 34.5 Å².